The van der Waals surface area contributed by atoms with Gasteiger partial charge in [-0.05, 0) is 24.1 Å². The van der Waals surface area contributed by atoms with E-state index in [1.54, 1.807) is 0 Å². The van der Waals surface area contributed by atoms with Gasteiger partial charge in [-0.25, -0.2) is 0 Å². The zero-order valence-electron chi connectivity index (χ0n) is 9.36. The molecule has 0 aliphatic carbocycles. The average Bonchev–Trinajstić information content (AvgIpc) is 2.64. The van der Waals surface area contributed by atoms with Crippen LogP contribution in [0.25, 0.3) is 10.9 Å². The minimum atomic E-state index is -4.31. The van der Waals surface area contributed by atoms with Crippen LogP contribution in [0.5, 0.6) is 0 Å². The largest absolute Gasteiger partial charge is 0.416 e. The number of halogens is 3. The number of aromatic amines is 1. The van der Waals surface area contributed by atoms with E-state index in [4.69, 9.17) is 5.73 Å². The van der Waals surface area contributed by atoms with Crippen molar-refractivity contribution in [1.82, 2.24) is 4.98 Å². The summed E-state index contributed by atoms with van der Waals surface area (Å²) in [5.74, 6) is 0. The molecule has 0 spiro atoms. The SMILES string of the molecule is CCc1[nH]c2cc(C(F)(F)F)ccc2c1CN. The fourth-order valence-electron chi connectivity index (χ4n) is 2.02. The molecule has 0 fully saturated rings. The Morgan fingerprint density at radius 3 is 2.53 bits per heavy atom. The Morgan fingerprint density at radius 2 is 2.00 bits per heavy atom. The molecule has 1 aromatic carbocycles. The van der Waals surface area contributed by atoms with Gasteiger partial charge in [0.25, 0.3) is 0 Å². The van der Waals surface area contributed by atoms with Gasteiger partial charge in [0.2, 0.25) is 0 Å². The Balaban J connectivity index is 2.64. The van der Waals surface area contributed by atoms with Crippen molar-refractivity contribution >= 4 is 10.9 Å². The maximum Gasteiger partial charge on any atom is 0.416 e. The number of nitrogens with one attached hydrogen (secondary N) is 1. The predicted octanol–water partition coefficient (Wildman–Crippen LogP) is 3.21. The summed E-state index contributed by atoms with van der Waals surface area (Å²) in [7, 11) is 0. The summed E-state index contributed by atoms with van der Waals surface area (Å²) in [6.07, 6.45) is -3.59. The van der Waals surface area contributed by atoms with E-state index in [0.717, 1.165) is 35.2 Å². The minimum Gasteiger partial charge on any atom is -0.358 e. The van der Waals surface area contributed by atoms with Crippen LogP contribution in [-0.2, 0) is 19.1 Å². The molecule has 1 heterocycles. The van der Waals surface area contributed by atoms with Gasteiger partial charge in [0.05, 0.1) is 5.56 Å². The first kappa shape index (κ1) is 12.0. The fraction of sp³-hybridized carbons (Fsp3) is 0.333. The number of benzene rings is 1. The third-order valence-corrected chi connectivity index (χ3v) is 2.88. The molecule has 0 aliphatic heterocycles. The van der Waals surface area contributed by atoms with Crippen LogP contribution in [0.1, 0.15) is 23.7 Å². The first-order valence-corrected chi connectivity index (χ1v) is 5.38. The number of aryl methyl sites for hydroxylation is 1. The molecule has 1 aromatic heterocycles. The second-order valence-electron chi connectivity index (χ2n) is 3.90. The maximum absolute atomic E-state index is 12.5. The van der Waals surface area contributed by atoms with Crippen LogP contribution in [0.2, 0.25) is 0 Å². The van der Waals surface area contributed by atoms with E-state index in [9.17, 15) is 13.2 Å². The Kier molecular flexibility index (Phi) is 2.87. The van der Waals surface area contributed by atoms with Crippen LogP contribution in [0.15, 0.2) is 18.2 Å². The highest BCUT2D eigenvalue weighted by atomic mass is 19.4. The molecule has 92 valence electrons. The van der Waals surface area contributed by atoms with Gasteiger partial charge in [0.1, 0.15) is 0 Å². The van der Waals surface area contributed by atoms with Crippen molar-refractivity contribution in [2.75, 3.05) is 0 Å². The first-order valence-electron chi connectivity index (χ1n) is 5.38. The summed E-state index contributed by atoms with van der Waals surface area (Å²) in [6, 6.07) is 3.71. The quantitative estimate of drug-likeness (QED) is 0.834. The number of aromatic nitrogens is 1. The van der Waals surface area contributed by atoms with Crippen molar-refractivity contribution in [2.24, 2.45) is 5.73 Å². The second kappa shape index (κ2) is 4.07. The van der Waals surface area contributed by atoms with Gasteiger partial charge in [-0.15, -0.1) is 0 Å². The van der Waals surface area contributed by atoms with Gasteiger partial charge in [0.15, 0.2) is 0 Å². The van der Waals surface area contributed by atoms with Crippen LogP contribution in [0.4, 0.5) is 13.2 Å². The van der Waals surface area contributed by atoms with E-state index < -0.39 is 11.7 Å². The smallest absolute Gasteiger partial charge is 0.358 e. The molecular weight excluding hydrogens is 229 g/mol. The van der Waals surface area contributed by atoms with E-state index in [1.165, 1.54) is 6.07 Å². The van der Waals surface area contributed by atoms with Crippen molar-refractivity contribution in [3.8, 4) is 0 Å². The van der Waals surface area contributed by atoms with Crippen molar-refractivity contribution in [1.29, 1.82) is 0 Å². The molecular formula is C12H13F3N2. The van der Waals surface area contributed by atoms with Gasteiger partial charge in [-0.1, -0.05) is 13.0 Å². The maximum atomic E-state index is 12.5. The van der Waals surface area contributed by atoms with Gasteiger partial charge < -0.3 is 10.7 Å². The standard InChI is InChI=1S/C12H13F3N2/c1-2-10-9(6-16)8-4-3-7(12(13,14)15)5-11(8)17-10/h3-5,17H,2,6,16H2,1H3. The number of rotatable bonds is 2. The van der Waals surface area contributed by atoms with Crippen molar-refractivity contribution in [3.05, 3.63) is 35.0 Å². The van der Waals surface area contributed by atoms with Crippen LogP contribution in [0, 0.1) is 0 Å². The molecule has 2 nitrogen and oxygen atoms in total. The van der Waals surface area contributed by atoms with Crippen LogP contribution < -0.4 is 5.73 Å². The van der Waals surface area contributed by atoms with Crippen LogP contribution >= 0.6 is 0 Å². The summed E-state index contributed by atoms with van der Waals surface area (Å²) < 4.78 is 37.6. The van der Waals surface area contributed by atoms with E-state index in [0.29, 0.717) is 12.1 Å². The highest BCUT2D eigenvalue weighted by Crippen LogP contribution is 2.32. The highest BCUT2D eigenvalue weighted by Gasteiger charge is 2.30. The van der Waals surface area contributed by atoms with Gasteiger partial charge in [-0.3, -0.25) is 0 Å². The zero-order chi connectivity index (χ0) is 12.6. The lowest BCUT2D eigenvalue weighted by Gasteiger charge is -2.06. The van der Waals surface area contributed by atoms with E-state index in [2.05, 4.69) is 4.98 Å². The van der Waals surface area contributed by atoms with E-state index >= 15 is 0 Å². The number of alkyl halides is 3. The summed E-state index contributed by atoms with van der Waals surface area (Å²) in [6.45, 7) is 2.27. The summed E-state index contributed by atoms with van der Waals surface area (Å²) in [5.41, 5.74) is 7.28. The minimum absolute atomic E-state index is 0.328. The second-order valence-corrected chi connectivity index (χ2v) is 3.90. The summed E-state index contributed by atoms with van der Waals surface area (Å²) in [4.78, 5) is 3.00. The molecule has 0 saturated heterocycles. The molecule has 0 aliphatic rings. The Morgan fingerprint density at radius 1 is 1.29 bits per heavy atom. The molecule has 17 heavy (non-hydrogen) atoms. The van der Waals surface area contributed by atoms with Gasteiger partial charge >= 0.3 is 6.18 Å². The molecule has 0 amide bonds. The van der Waals surface area contributed by atoms with Crippen molar-refractivity contribution in [2.45, 2.75) is 26.1 Å². The molecule has 0 bridgehead atoms. The highest BCUT2D eigenvalue weighted by molar-refractivity contribution is 5.85. The molecule has 2 rings (SSSR count). The number of fused-ring (bicyclic) bond motifs is 1. The Hall–Kier alpha value is -1.49. The molecule has 2 aromatic rings. The lowest BCUT2D eigenvalue weighted by molar-refractivity contribution is -0.137. The molecule has 5 heteroatoms. The Labute approximate surface area is 96.6 Å². The number of H-pyrrole nitrogens is 1. The molecule has 0 unspecified atom stereocenters. The van der Waals surface area contributed by atoms with Crippen molar-refractivity contribution < 1.29 is 13.2 Å². The normalized spacial score (nSPS) is 12.3. The Bertz CT molecular complexity index is 540. The van der Waals surface area contributed by atoms with E-state index in [1.807, 2.05) is 6.92 Å². The monoisotopic (exact) mass is 242 g/mol. The molecule has 0 atom stereocenters. The first-order chi connectivity index (χ1) is 7.97. The summed E-state index contributed by atoms with van der Waals surface area (Å²) >= 11 is 0. The van der Waals surface area contributed by atoms with Gasteiger partial charge in [-0.2, -0.15) is 13.2 Å². The molecule has 0 saturated carbocycles. The van der Waals surface area contributed by atoms with Gasteiger partial charge in [0, 0.05) is 23.1 Å². The van der Waals surface area contributed by atoms with E-state index in [-0.39, 0.29) is 0 Å². The number of hydrogen-bond acceptors (Lipinski definition) is 1. The van der Waals surface area contributed by atoms with Crippen molar-refractivity contribution in [3.63, 3.8) is 0 Å². The number of nitrogens with two attached hydrogens (primary N) is 1. The third kappa shape index (κ3) is 2.02. The third-order valence-electron chi connectivity index (χ3n) is 2.88. The zero-order valence-corrected chi connectivity index (χ0v) is 9.36. The summed E-state index contributed by atoms with van der Waals surface area (Å²) in [5, 5.41) is 0.775. The molecule has 0 radical (unpaired) electrons. The average molecular weight is 242 g/mol. The van der Waals surface area contributed by atoms with Crippen LogP contribution in [-0.4, -0.2) is 4.98 Å². The fourth-order valence-corrected chi connectivity index (χ4v) is 2.02. The topological polar surface area (TPSA) is 41.8 Å². The lowest BCUT2D eigenvalue weighted by atomic mass is 10.1. The number of hydrogen-bond donors (Lipinski definition) is 2. The molecule has 3 N–H and O–H groups in total. The lowest BCUT2D eigenvalue weighted by Crippen LogP contribution is -2.04. The van der Waals surface area contributed by atoms with Crippen LogP contribution in [0.3, 0.4) is 0 Å². The predicted molar refractivity (Wildman–Crippen MR) is 60.6 cm³/mol.